The molecule has 2 aromatic rings. The molecule has 0 amide bonds. The Morgan fingerprint density at radius 2 is 1.73 bits per heavy atom. The van der Waals surface area contributed by atoms with Gasteiger partial charge in [-0.3, -0.25) is 0 Å². The van der Waals surface area contributed by atoms with Crippen LogP contribution in [0.1, 0.15) is 12.0 Å². The lowest BCUT2D eigenvalue weighted by Gasteiger charge is -2.07. The third-order valence-corrected chi connectivity index (χ3v) is 3.26. The fraction of sp³-hybridized carbons (Fsp3) is 0.231. The topological polar surface area (TPSA) is 20.2 Å². The molecule has 0 fully saturated rings. The number of aryl methyl sites for hydroxylation is 1. The summed E-state index contributed by atoms with van der Waals surface area (Å²) >= 11 is 3.55. The molecule has 0 bridgehead atoms. The maximum atomic E-state index is 8.84. The molecule has 1 nitrogen and oxygen atoms in total. The van der Waals surface area contributed by atoms with Crippen molar-refractivity contribution >= 4 is 26.7 Å². The van der Waals surface area contributed by atoms with Crippen molar-refractivity contribution in [3.8, 4) is 0 Å². The summed E-state index contributed by atoms with van der Waals surface area (Å²) in [6.07, 6.45) is 1.76. The Morgan fingerprint density at radius 3 is 2.47 bits per heavy atom. The highest BCUT2D eigenvalue weighted by atomic mass is 79.9. The summed E-state index contributed by atoms with van der Waals surface area (Å²) in [6, 6.07) is 12.5. The molecule has 0 aliphatic heterocycles. The summed E-state index contributed by atoms with van der Waals surface area (Å²) in [4.78, 5) is 0. The quantitative estimate of drug-likeness (QED) is 0.900. The molecule has 15 heavy (non-hydrogen) atoms. The molecule has 0 aliphatic rings. The van der Waals surface area contributed by atoms with E-state index in [1.54, 1.807) is 0 Å². The van der Waals surface area contributed by atoms with E-state index in [-0.39, 0.29) is 6.61 Å². The Labute approximate surface area is 97.9 Å². The standard InChI is InChI=1S/C13H13BrO/c14-13-8-7-10(4-3-9-15)11-5-1-2-6-12(11)13/h1-2,5-8,15H,3-4,9H2. The molecule has 0 aromatic heterocycles. The second-order valence-corrected chi connectivity index (χ2v) is 4.43. The highest BCUT2D eigenvalue weighted by molar-refractivity contribution is 9.10. The minimum absolute atomic E-state index is 0.254. The molecule has 0 saturated carbocycles. The number of fused-ring (bicyclic) bond motifs is 1. The number of rotatable bonds is 3. The Morgan fingerprint density at radius 1 is 1.00 bits per heavy atom. The Kier molecular flexibility index (Phi) is 3.39. The van der Waals surface area contributed by atoms with Gasteiger partial charge in [-0.25, -0.2) is 0 Å². The van der Waals surface area contributed by atoms with E-state index in [2.05, 4.69) is 46.3 Å². The number of halogens is 1. The lowest BCUT2D eigenvalue weighted by molar-refractivity contribution is 0.289. The molecule has 0 heterocycles. The Hall–Kier alpha value is -0.860. The van der Waals surface area contributed by atoms with E-state index in [9.17, 15) is 0 Å². The first-order valence-electron chi connectivity index (χ1n) is 5.10. The molecular formula is C13H13BrO. The second-order valence-electron chi connectivity index (χ2n) is 3.58. The SMILES string of the molecule is OCCCc1ccc(Br)c2ccccc12. The minimum Gasteiger partial charge on any atom is -0.396 e. The predicted molar refractivity (Wildman–Crippen MR) is 67.1 cm³/mol. The van der Waals surface area contributed by atoms with Crippen molar-refractivity contribution in [2.24, 2.45) is 0 Å². The van der Waals surface area contributed by atoms with E-state index < -0.39 is 0 Å². The van der Waals surface area contributed by atoms with Crippen LogP contribution in [0, 0.1) is 0 Å². The molecule has 0 aliphatic carbocycles. The van der Waals surface area contributed by atoms with Gasteiger partial charge in [-0.05, 0) is 35.2 Å². The summed E-state index contributed by atoms with van der Waals surface area (Å²) in [5, 5.41) is 11.4. The van der Waals surface area contributed by atoms with Gasteiger partial charge < -0.3 is 5.11 Å². The van der Waals surface area contributed by atoms with Crippen LogP contribution in [0.25, 0.3) is 10.8 Å². The maximum Gasteiger partial charge on any atom is 0.0434 e. The average molecular weight is 265 g/mol. The molecule has 2 heteroatoms. The maximum absolute atomic E-state index is 8.84. The van der Waals surface area contributed by atoms with E-state index in [1.807, 2.05) is 6.07 Å². The van der Waals surface area contributed by atoms with Gasteiger partial charge in [0.25, 0.3) is 0 Å². The highest BCUT2D eigenvalue weighted by Crippen LogP contribution is 2.27. The van der Waals surface area contributed by atoms with Crippen molar-refractivity contribution in [1.29, 1.82) is 0 Å². The first-order valence-corrected chi connectivity index (χ1v) is 5.89. The molecule has 2 aromatic carbocycles. The lowest BCUT2D eigenvalue weighted by Crippen LogP contribution is -1.91. The van der Waals surface area contributed by atoms with Gasteiger partial charge >= 0.3 is 0 Å². The molecule has 0 unspecified atom stereocenters. The smallest absolute Gasteiger partial charge is 0.0434 e. The highest BCUT2D eigenvalue weighted by Gasteiger charge is 2.02. The van der Waals surface area contributed by atoms with Crippen LogP contribution in [0.5, 0.6) is 0 Å². The van der Waals surface area contributed by atoms with Crippen molar-refractivity contribution < 1.29 is 5.11 Å². The van der Waals surface area contributed by atoms with Crippen molar-refractivity contribution in [1.82, 2.24) is 0 Å². The van der Waals surface area contributed by atoms with Crippen molar-refractivity contribution in [3.63, 3.8) is 0 Å². The monoisotopic (exact) mass is 264 g/mol. The minimum atomic E-state index is 0.254. The van der Waals surface area contributed by atoms with Gasteiger partial charge in [0.15, 0.2) is 0 Å². The largest absolute Gasteiger partial charge is 0.396 e. The number of aliphatic hydroxyl groups is 1. The van der Waals surface area contributed by atoms with Gasteiger partial charge in [0.1, 0.15) is 0 Å². The predicted octanol–water partition coefficient (Wildman–Crippen LogP) is 3.53. The van der Waals surface area contributed by atoms with Crippen LogP contribution in [0.4, 0.5) is 0 Å². The summed E-state index contributed by atoms with van der Waals surface area (Å²) in [6.45, 7) is 0.254. The van der Waals surface area contributed by atoms with Gasteiger partial charge in [-0.2, -0.15) is 0 Å². The molecule has 78 valence electrons. The van der Waals surface area contributed by atoms with Gasteiger partial charge in [0.05, 0.1) is 0 Å². The zero-order chi connectivity index (χ0) is 10.7. The van der Waals surface area contributed by atoms with Gasteiger partial charge in [-0.15, -0.1) is 0 Å². The third kappa shape index (κ3) is 2.21. The van der Waals surface area contributed by atoms with E-state index in [0.717, 1.165) is 17.3 Å². The molecule has 0 saturated heterocycles. The number of benzene rings is 2. The van der Waals surface area contributed by atoms with Crippen LogP contribution in [0.3, 0.4) is 0 Å². The van der Waals surface area contributed by atoms with Crippen molar-refractivity contribution in [2.75, 3.05) is 6.61 Å². The van der Waals surface area contributed by atoms with Crippen LogP contribution in [0.15, 0.2) is 40.9 Å². The van der Waals surface area contributed by atoms with E-state index in [0.29, 0.717) is 0 Å². The van der Waals surface area contributed by atoms with Crippen LogP contribution in [-0.2, 0) is 6.42 Å². The number of hydrogen-bond donors (Lipinski definition) is 1. The molecule has 2 rings (SSSR count). The Bertz CT molecular complexity index is 465. The van der Waals surface area contributed by atoms with Crippen molar-refractivity contribution in [3.05, 3.63) is 46.4 Å². The first-order chi connectivity index (χ1) is 7.33. The van der Waals surface area contributed by atoms with Gasteiger partial charge in [-0.1, -0.05) is 46.3 Å². The normalized spacial score (nSPS) is 10.8. The first kappa shape index (κ1) is 10.7. The molecular weight excluding hydrogens is 252 g/mol. The molecule has 1 N–H and O–H groups in total. The zero-order valence-corrected chi connectivity index (χ0v) is 10.00. The third-order valence-electron chi connectivity index (χ3n) is 2.57. The fourth-order valence-corrected chi connectivity index (χ4v) is 2.29. The van der Waals surface area contributed by atoms with Gasteiger partial charge in [0.2, 0.25) is 0 Å². The second kappa shape index (κ2) is 4.77. The van der Waals surface area contributed by atoms with E-state index in [1.165, 1.54) is 16.3 Å². The summed E-state index contributed by atoms with van der Waals surface area (Å²) < 4.78 is 1.13. The Balaban J connectivity index is 2.51. The van der Waals surface area contributed by atoms with E-state index >= 15 is 0 Å². The lowest BCUT2D eigenvalue weighted by atomic mass is 10.0. The van der Waals surface area contributed by atoms with Crippen molar-refractivity contribution in [2.45, 2.75) is 12.8 Å². The summed E-state index contributed by atoms with van der Waals surface area (Å²) in [5.41, 5.74) is 1.31. The average Bonchev–Trinajstić information content (AvgIpc) is 2.29. The fourth-order valence-electron chi connectivity index (χ4n) is 1.81. The number of aliphatic hydroxyl groups excluding tert-OH is 1. The van der Waals surface area contributed by atoms with Crippen LogP contribution in [-0.4, -0.2) is 11.7 Å². The van der Waals surface area contributed by atoms with Crippen LogP contribution < -0.4 is 0 Å². The van der Waals surface area contributed by atoms with E-state index in [4.69, 9.17) is 5.11 Å². The molecule has 0 spiro atoms. The van der Waals surface area contributed by atoms with Gasteiger partial charge in [0, 0.05) is 11.1 Å². The molecule has 0 atom stereocenters. The molecule has 0 radical (unpaired) electrons. The number of hydrogen-bond acceptors (Lipinski definition) is 1. The van der Waals surface area contributed by atoms with Crippen LogP contribution >= 0.6 is 15.9 Å². The summed E-state index contributed by atoms with van der Waals surface area (Å²) in [5.74, 6) is 0. The van der Waals surface area contributed by atoms with Crippen LogP contribution in [0.2, 0.25) is 0 Å². The zero-order valence-electron chi connectivity index (χ0n) is 8.41. The summed E-state index contributed by atoms with van der Waals surface area (Å²) in [7, 11) is 0.